The highest BCUT2D eigenvalue weighted by Crippen LogP contribution is 2.02. The third-order valence-electron chi connectivity index (χ3n) is 4.09. The predicted molar refractivity (Wildman–Crippen MR) is 104 cm³/mol. The highest BCUT2D eigenvalue weighted by molar-refractivity contribution is 5.95. The average Bonchev–Trinajstić information content (AvgIpc) is 3.18. The summed E-state index contributed by atoms with van der Waals surface area (Å²) < 4.78 is 0. The summed E-state index contributed by atoms with van der Waals surface area (Å²) in [5, 5.41) is 33.4. The lowest BCUT2D eigenvalue weighted by Gasteiger charge is -2.22. The molecular formula is C17H24N6O9. The van der Waals surface area contributed by atoms with Crippen LogP contribution in [0.2, 0.25) is 0 Å². The van der Waals surface area contributed by atoms with Crippen molar-refractivity contribution in [1.82, 2.24) is 25.9 Å². The highest BCUT2D eigenvalue weighted by atomic mass is 16.4. The number of carboxylic acid groups (broad SMARTS) is 3. The van der Waals surface area contributed by atoms with Crippen LogP contribution in [-0.2, 0) is 35.2 Å². The Morgan fingerprint density at radius 2 is 1.53 bits per heavy atom. The number of nitrogens with one attached hydrogen (secondary N) is 4. The van der Waals surface area contributed by atoms with Gasteiger partial charge < -0.3 is 42.0 Å². The number of carbonyl (C=O) groups is 6. The fourth-order valence-electron chi connectivity index (χ4n) is 2.44. The number of nitrogens with two attached hydrogens (primary N) is 1. The van der Waals surface area contributed by atoms with E-state index in [1.54, 1.807) is 0 Å². The first-order valence-electron chi connectivity index (χ1n) is 9.21. The van der Waals surface area contributed by atoms with Crippen molar-refractivity contribution in [3.8, 4) is 0 Å². The summed E-state index contributed by atoms with van der Waals surface area (Å²) in [5.41, 5.74) is 5.79. The van der Waals surface area contributed by atoms with Crippen LogP contribution < -0.4 is 21.7 Å². The molecule has 1 heterocycles. The van der Waals surface area contributed by atoms with Crippen molar-refractivity contribution < 1.29 is 44.1 Å². The van der Waals surface area contributed by atoms with Gasteiger partial charge in [0, 0.05) is 18.3 Å². The van der Waals surface area contributed by atoms with Gasteiger partial charge in [0.05, 0.1) is 25.2 Å². The molecule has 176 valence electrons. The van der Waals surface area contributed by atoms with Gasteiger partial charge in [0.2, 0.25) is 17.7 Å². The summed E-state index contributed by atoms with van der Waals surface area (Å²) in [7, 11) is 0. The quantitative estimate of drug-likeness (QED) is 0.146. The molecule has 0 saturated carbocycles. The Balaban J connectivity index is 2.81. The van der Waals surface area contributed by atoms with E-state index >= 15 is 0 Å². The fraction of sp³-hybridized carbons (Fsp3) is 0.471. The minimum Gasteiger partial charge on any atom is -0.481 e. The van der Waals surface area contributed by atoms with Gasteiger partial charge >= 0.3 is 17.9 Å². The number of aromatic nitrogens is 2. The normalized spacial score (nSPS) is 14.3. The number of aliphatic carboxylic acids is 3. The molecule has 4 atom stereocenters. The van der Waals surface area contributed by atoms with E-state index < -0.39 is 72.6 Å². The molecule has 0 aromatic carbocycles. The maximum absolute atomic E-state index is 12.5. The molecule has 0 aliphatic heterocycles. The average molecular weight is 456 g/mol. The predicted octanol–water partition coefficient (Wildman–Crippen LogP) is -3.21. The number of carboxylic acids is 3. The molecule has 1 rings (SSSR count). The molecule has 0 radical (unpaired) electrons. The molecule has 15 nitrogen and oxygen atoms in total. The third-order valence-corrected chi connectivity index (χ3v) is 4.09. The van der Waals surface area contributed by atoms with Gasteiger partial charge in [-0.05, 0) is 6.92 Å². The number of hydrogen-bond donors (Lipinski definition) is 8. The number of aromatic amines is 1. The zero-order valence-corrected chi connectivity index (χ0v) is 16.9. The van der Waals surface area contributed by atoms with E-state index in [0.29, 0.717) is 5.69 Å². The van der Waals surface area contributed by atoms with Gasteiger partial charge in [-0.25, -0.2) is 9.78 Å². The molecule has 3 amide bonds. The minimum absolute atomic E-state index is 0.178. The zero-order chi connectivity index (χ0) is 24.4. The molecule has 9 N–H and O–H groups in total. The Kier molecular flexibility index (Phi) is 9.75. The Hall–Kier alpha value is -4.01. The lowest BCUT2D eigenvalue weighted by atomic mass is 10.1. The number of nitrogens with zero attached hydrogens (tertiary/aromatic N) is 1. The van der Waals surface area contributed by atoms with Crippen LogP contribution in [0.25, 0.3) is 0 Å². The van der Waals surface area contributed by atoms with E-state index in [0.717, 1.165) is 0 Å². The molecule has 0 fully saturated rings. The van der Waals surface area contributed by atoms with Crippen molar-refractivity contribution in [3.05, 3.63) is 18.2 Å². The van der Waals surface area contributed by atoms with Crippen molar-refractivity contribution in [3.63, 3.8) is 0 Å². The molecule has 0 aliphatic carbocycles. The summed E-state index contributed by atoms with van der Waals surface area (Å²) in [6.07, 6.45) is 0.923. The first-order chi connectivity index (χ1) is 14.9. The summed E-state index contributed by atoms with van der Waals surface area (Å²) in [5.74, 6) is -7.17. The molecule has 4 unspecified atom stereocenters. The van der Waals surface area contributed by atoms with Gasteiger partial charge in [0.25, 0.3) is 0 Å². The van der Waals surface area contributed by atoms with Crippen LogP contribution in [-0.4, -0.2) is 85.1 Å². The Labute approximate surface area is 180 Å². The fourth-order valence-corrected chi connectivity index (χ4v) is 2.44. The van der Waals surface area contributed by atoms with Crippen LogP contribution in [0.5, 0.6) is 0 Å². The van der Waals surface area contributed by atoms with Gasteiger partial charge in [0.15, 0.2) is 0 Å². The molecular weight excluding hydrogens is 432 g/mol. The van der Waals surface area contributed by atoms with Crippen molar-refractivity contribution in [2.75, 3.05) is 0 Å². The lowest BCUT2D eigenvalue weighted by Crippen LogP contribution is -2.57. The van der Waals surface area contributed by atoms with E-state index in [2.05, 4.69) is 25.9 Å². The number of imidazole rings is 1. The minimum atomic E-state index is -1.66. The first kappa shape index (κ1) is 26.0. The number of H-pyrrole nitrogens is 1. The molecule has 1 aromatic rings. The number of hydrogen-bond acceptors (Lipinski definition) is 8. The van der Waals surface area contributed by atoms with Crippen molar-refractivity contribution in [2.45, 2.75) is 50.4 Å². The number of rotatable bonds is 13. The van der Waals surface area contributed by atoms with E-state index in [4.69, 9.17) is 15.9 Å². The van der Waals surface area contributed by atoms with Gasteiger partial charge in [0.1, 0.15) is 18.1 Å². The second-order valence-electron chi connectivity index (χ2n) is 6.77. The second kappa shape index (κ2) is 12.0. The molecule has 0 aliphatic rings. The topological polar surface area (TPSA) is 254 Å². The summed E-state index contributed by atoms with van der Waals surface area (Å²) in [4.78, 5) is 76.2. The third kappa shape index (κ3) is 8.78. The van der Waals surface area contributed by atoms with E-state index in [1.165, 1.54) is 19.4 Å². The van der Waals surface area contributed by atoms with Crippen LogP contribution in [0.1, 0.15) is 25.5 Å². The Bertz CT molecular complexity index is 857. The zero-order valence-electron chi connectivity index (χ0n) is 16.9. The maximum Gasteiger partial charge on any atom is 0.326 e. The van der Waals surface area contributed by atoms with Gasteiger partial charge in [-0.1, -0.05) is 0 Å². The molecule has 1 aromatic heterocycles. The molecule has 0 saturated heterocycles. The van der Waals surface area contributed by atoms with Crippen molar-refractivity contribution in [1.29, 1.82) is 0 Å². The summed E-state index contributed by atoms with van der Waals surface area (Å²) >= 11 is 0. The SMILES string of the molecule is CC(NC(=O)C(N)CC(=O)O)C(=O)NC(CC(=O)O)C(=O)NC(Cc1cnc[nH]1)C(=O)O. The maximum atomic E-state index is 12.5. The Morgan fingerprint density at radius 1 is 0.938 bits per heavy atom. The smallest absolute Gasteiger partial charge is 0.326 e. The summed E-state index contributed by atoms with van der Waals surface area (Å²) in [6.45, 7) is 1.20. The molecule has 0 spiro atoms. The molecule has 0 bridgehead atoms. The van der Waals surface area contributed by atoms with E-state index in [1.807, 2.05) is 0 Å². The van der Waals surface area contributed by atoms with Crippen molar-refractivity contribution in [2.24, 2.45) is 5.73 Å². The largest absolute Gasteiger partial charge is 0.481 e. The van der Waals surface area contributed by atoms with E-state index in [-0.39, 0.29) is 6.42 Å². The standard InChI is InChI=1S/C17H24N6O9/c1-7(21-15(29)9(18)3-12(24)25)14(28)22-10(4-13(26)27)16(30)23-11(17(31)32)2-8-5-19-6-20-8/h5-7,9-11H,2-4,18H2,1H3,(H,19,20)(H,21,29)(H,22,28)(H,23,30)(H,24,25)(H,26,27)(H,31,32). The first-order valence-corrected chi connectivity index (χ1v) is 9.21. The van der Waals surface area contributed by atoms with Crippen LogP contribution in [0.15, 0.2) is 12.5 Å². The highest BCUT2D eigenvalue weighted by Gasteiger charge is 2.30. The van der Waals surface area contributed by atoms with Crippen LogP contribution >= 0.6 is 0 Å². The van der Waals surface area contributed by atoms with Crippen molar-refractivity contribution >= 4 is 35.6 Å². The second-order valence-corrected chi connectivity index (χ2v) is 6.77. The monoisotopic (exact) mass is 456 g/mol. The molecule has 32 heavy (non-hydrogen) atoms. The van der Waals surface area contributed by atoms with E-state index in [9.17, 15) is 33.9 Å². The van der Waals surface area contributed by atoms with Crippen LogP contribution in [0.4, 0.5) is 0 Å². The number of amides is 3. The van der Waals surface area contributed by atoms with Crippen LogP contribution in [0, 0.1) is 0 Å². The van der Waals surface area contributed by atoms with Gasteiger partial charge in [-0.2, -0.15) is 0 Å². The lowest BCUT2D eigenvalue weighted by molar-refractivity contribution is -0.143. The Morgan fingerprint density at radius 3 is 2.03 bits per heavy atom. The molecule has 15 heteroatoms. The van der Waals surface area contributed by atoms with Crippen LogP contribution in [0.3, 0.4) is 0 Å². The van der Waals surface area contributed by atoms with Gasteiger partial charge in [-0.3, -0.25) is 24.0 Å². The van der Waals surface area contributed by atoms with Gasteiger partial charge in [-0.15, -0.1) is 0 Å². The number of carbonyl (C=O) groups excluding carboxylic acids is 3. The summed E-state index contributed by atoms with van der Waals surface area (Å²) in [6, 6.07) is -5.83.